The average Bonchev–Trinajstić information content (AvgIpc) is 3.19. The van der Waals surface area contributed by atoms with Crippen molar-refractivity contribution in [3.05, 3.63) is 93.6 Å². The van der Waals surface area contributed by atoms with Crippen molar-refractivity contribution < 1.29 is 9.26 Å². The minimum atomic E-state index is -0.285. The molecule has 0 saturated heterocycles. The van der Waals surface area contributed by atoms with Gasteiger partial charge in [-0.2, -0.15) is 5.10 Å². The Balaban J connectivity index is 1.78. The van der Waals surface area contributed by atoms with Gasteiger partial charge in [0.15, 0.2) is 11.3 Å². The van der Waals surface area contributed by atoms with Crippen molar-refractivity contribution in [2.24, 2.45) is 0 Å². The first-order valence-corrected chi connectivity index (χ1v) is 9.50. The van der Waals surface area contributed by atoms with Crippen LogP contribution in [0, 0.1) is 0 Å². The topological polar surface area (TPSA) is 70.2 Å². The monoisotopic (exact) mass is 387 g/mol. The zero-order chi connectivity index (χ0) is 20.1. The Labute approximate surface area is 168 Å². The minimum absolute atomic E-state index is 0.262. The third kappa shape index (κ3) is 4.17. The van der Waals surface area contributed by atoms with E-state index in [4.69, 9.17) is 9.26 Å². The third-order valence-electron chi connectivity index (χ3n) is 4.53. The largest absolute Gasteiger partial charge is 0.375 e. The fraction of sp³-hybridized carbons (Fsp3) is 0.174. The molecule has 0 unspecified atom stereocenters. The molecule has 0 aliphatic heterocycles. The molecule has 2 aromatic carbocycles. The molecule has 0 aliphatic carbocycles. The van der Waals surface area contributed by atoms with Crippen molar-refractivity contribution in [2.75, 3.05) is 6.61 Å². The van der Waals surface area contributed by atoms with E-state index in [-0.39, 0.29) is 17.7 Å². The van der Waals surface area contributed by atoms with E-state index in [2.05, 4.69) is 10.3 Å². The smallest absolute Gasteiger partial charge is 0.297 e. The van der Waals surface area contributed by atoms with Gasteiger partial charge in [0.05, 0.1) is 18.5 Å². The average molecular weight is 387 g/mol. The quantitative estimate of drug-likeness (QED) is 0.477. The van der Waals surface area contributed by atoms with Crippen molar-refractivity contribution in [1.82, 2.24) is 14.9 Å². The summed E-state index contributed by atoms with van der Waals surface area (Å²) in [5.74, 6) is 0.495. The van der Waals surface area contributed by atoms with Gasteiger partial charge in [0, 0.05) is 6.61 Å². The number of benzene rings is 2. The lowest BCUT2D eigenvalue weighted by molar-refractivity contribution is 0.131. The van der Waals surface area contributed by atoms with Crippen molar-refractivity contribution in [3.8, 4) is 0 Å². The molecule has 4 aromatic rings. The van der Waals surface area contributed by atoms with Gasteiger partial charge in [0.2, 0.25) is 0 Å². The van der Waals surface area contributed by atoms with Gasteiger partial charge >= 0.3 is 0 Å². The molecule has 0 radical (unpaired) electrons. The van der Waals surface area contributed by atoms with Crippen LogP contribution in [0.5, 0.6) is 0 Å². The van der Waals surface area contributed by atoms with E-state index in [0.717, 1.165) is 11.1 Å². The maximum atomic E-state index is 13.0. The van der Waals surface area contributed by atoms with Crippen molar-refractivity contribution in [1.29, 1.82) is 0 Å². The van der Waals surface area contributed by atoms with Crippen LogP contribution < -0.4 is 5.56 Å². The van der Waals surface area contributed by atoms with Gasteiger partial charge in [-0.05, 0) is 24.1 Å². The van der Waals surface area contributed by atoms with Crippen LogP contribution in [0.1, 0.15) is 29.5 Å². The molecule has 4 rings (SSSR count). The van der Waals surface area contributed by atoms with Crippen LogP contribution in [0.2, 0.25) is 0 Å². The first-order valence-electron chi connectivity index (χ1n) is 9.50. The van der Waals surface area contributed by atoms with E-state index in [9.17, 15) is 4.79 Å². The number of hydrogen-bond acceptors (Lipinski definition) is 5. The molecular formula is C23H21N3O3. The molecule has 146 valence electrons. The number of aromatic nitrogens is 3. The van der Waals surface area contributed by atoms with Gasteiger partial charge in [-0.1, -0.05) is 71.9 Å². The van der Waals surface area contributed by atoms with Crippen molar-refractivity contribution in [2.45, 2.75) is 20.1 Å². The molecule has 2 aromatic heterocycles. The zero-order valence-corrected chi connectivity index (χ0v) is 16.1. The fourth-order valence-electron chi connectivity index (χ4n) is 3.10. The number of nitrogens with zero attached hydrogens (tertiary/aromatic N) is 3. The van der Waals surface area contributed by atoms with Gasteiger partial charge in [0.1, 0.15) is 5.69 Å². The van der Waals surface area contributed by atoms with Crippen LogP contribution in [0.4, 0.5) is 0 Å². The van der Waals surface area contributed by atoms with Crippen molar-refractivity contribution >= 4 is 23.1 Å². The Kier molecular flexibility index (Phi) is 5.63. The van der Waals surface area contributed by atoms with Gasteiger partial charge < -0.3 is 9.26 Å². The predicted molar refractivity (Wildman–Crippen MR) is 112 cm³/mol. The van der Waals surface area contributed by atoms with E-state index in [1.54, 1.807) is 0 Å². The van der Waals surface area contributed by atoms with Gasteiger partial charge in [-0.3, -0.25) is 4.79 Å². The lowest BCUT2D eigenvalue weighted by Crippen LogP contribution is -2.25. The molecule has 2 heterocycles. The second-order valence-electron chi connectivity index (χ2n) is 6.55. The summed E-state index contributed by atoms with van der Waals surface area (Å²) < 4.78 is 12.5. The Hall–Kier alpha value is -3.51. The summed E-state index contributed by atoms with van der Waals surface area (Å²) in [6.45, 7) is 3.09. The highest BCUT2D eigenvalue weighted by molar-refractivity contribution is 5.89. The molecule has 0 bridgehead atoms. The molecule has 0 fully saturated rings. The Bertz CT molecular complexity index is 1180. The lowest BCUT2D eigenvalue weighted by atomic mass is 10.1. The van der Waals surface area contributed by atoms with Gasteiger partial charge in [-0.25, -0.2) is 4.68 Å². The van der Waals surface area contributed by atoms with Gasteiger partial charge in [-0.15, -0.1) is 0 Å². The summed E-state index contributed by atoms with van der Waals surface area (Å²) in [4.78, 5) is 13.0. The molecule has 0 amide bonds. The lowest BCUT2D eigenvalue weighted by Gasteiger charge is -2.08. The standard InChI is InChI=1S/C23H21N3O3/c1-2-28-16-19-21-20(14-13-17-9-5-3-6-10-17)29-25-22(21)23(27)26(24-19)15-18-11-7-4-8-12-18/h3-14H,2,15-16H2,1H3/b14-13+. The maximum Gasteiger partial charge on any atom is 0.297 e. The molecule has 29 heavy (non-hydrogen) atoms. The van der Waals surface area contributed by atoms with E-state index in [1.807, 2.05) is 79.7 Å². The summed E-state index contributed by atoms with van der Waals surface area (Å²) >= 11 is 0. The van der Waals surface area contributed by atoms with Crippen LogP contribution >= 0.6 is 0 Å². The normalized spacial score (nSPS) is 11.5. The van der Waals surface area contributed by atoms with Crippen LogP contribution in [-0.2, 0) is 17.9 Å². The summed E-state index contributed by atoms with van der Waals surface area (Å²) in [7, 11) is 0. The first-order chi connectivity index (χ1) is 14.3. The Morgan fingerprint density at radius 2 is 1.76 bits per heavy atom. The number of fused-ring (bicyclic) bond motifs is 1. The van der Waals surface area contributed by atoms with E-state index < -0.39 is 0 Å². The molecule has 0 spiro atoms. The van der Waals surface area contributed by atoms with Crippen LogP contribution in [-0.4, -0.2) is 21.5 Å². The minimum Gasteiger partial charge on any atom is -0.375 e. The SMILES string of the molecule is CCOCc1nn(Cc2ccccc2)c(=O)c2noc(/C=C/c3ccccc3)c12. The molecule has 6 nitrogen and oxygen atoms in total. The second kappa shape index (κ2) is 8.67. The summed E-state index contributed by atoms with van der Waals surface area (Å²) in [6, 6.07) is 19.6. The maximum absolute atomic E-state index is 13.0. The number of ether oxygens (including phenoxy) is 1. The van der Waals surface area contributed by atoms with Crippen LogP contribution in [0.25, 0.3) is 23.1 Å². The zero-order valence-electron chi connectivity index (χ0n) is 16.1. The van der Waals surface area contributed by atoms with E-state index in [0.29, 0.717) is 30.0 Å². The van der Waals surface area contributed by atoms with E-state index in [1.165, 1.54) is 4.68 Å². The summed E-state index contributed by atoms with van der Waals surface area (Å²) in [5.41, 5.74) is 2.61. The molecule has 6 heteroatoms. The fourth-order valence-corrected chi connectivity index (χ4v) is 3.10. The highest BCUT2D eigenvalue weighted by Crippen LogP contribution is 2.22. The first kappa shape index (κ1) is 18.8. The third-order valence-corrected chi connectivity index (χ3v) is 4.53. The summed E-state index contributed by atoms with van der Waals surface area (Å²) in [6.07, 6.45) is 3.72. The predicted octanol–water partition coefficient (Wildman–Crippen LogP) is 4.14. The second-order valence-corrected chi connectivity index (χ2v) is 6.55. The highest BCUT2D eigenvalue weighted by atomic mass is 16.5. The highest BCUT2D eigenvalue weighted by Gasteiger charge is 2.18. The molecule has 0 aliphatic rings. The summed E-state index contributed by atoms with van der Waals surface area (Å²) in [5, 5.41) is 9.21. The number of rotatable bonds is 7. The number of hydrogen-bond donors (Lipinski definition) is 0. The molecular weight excluding hydrogens is 366 g/mol. The van der Waals surface area contributed by atoms with Crippen LogP contribution in [0.3, 0.4) is 0 Å². The van der Waals surface area contributed by atoms with Crippen molar-refractivity contribution in [3.63, 3.8) is 0 Å². The molecule has 0 saturated carbocycles. The van der Waals surface area contributed by atoms with Crippen LogP contribution in [0.15, 0.2) is 70.0 Å². The Morgan fingerprint density at radius 1 is 1.03 bits per heavy atom. The molecule has 0 atom stereocenters. The molecule has 0 N–H and O–H groups in total. The Morgan fingerprint density at radius 3 is 2.48 bits per heavy atom. The van der Waals surface area contributed by atoms with Gasteiger partial charge in [0.25, 0.3) is 5.56 Å². The van der Waals surface area contributed by atoms with E-state index >= 15 is 0 Å².